The lowest BCUT2D eigenvalue weighted by Gasteiger charge is -2.26. The molecule has 0 rings (SSSR count). The number of hydrogen-bond acceptors (Lipinski definition) is 8. The van der Waals surface area contributed by atoms with Crippen LogP contribution < -0.4 is 5.11 Å². The van der Waals surface area contributed by atoms with Crippen LogP contribution in [0.1, 0.15) is 245 Å². The summed E-state index contributed by atoms with van der Waals surface area (Å²) >= 11 is 0. The van der Waals surface area contributed by atoms with E-state index in [-0.39, 0.29) is 32.2 Å². The summed E-state index contributed by atoms with van der Waals surface area (Å²) in [5.74, 6) is -2.28. The average Bonchev–Trinajstić information content (AvgIpc) is 3.22. The van der Waals surface area contributed by atoms with E-state index in [0.717, 1.165) is 51.4 Å². The minimum atomic E-state index is -1.62. The fourth-order valence-electron chi connectivity index (χ4n) is 7.47. The molecule has 0 fully saturated rings. The Morgan fingerprint density at radius 2 is 0.836 bits per heavy atom. The van der Waals surface area contributed by atoms with Gasteiger partial charge in [0.25, 0.3) is 0 Å². The van der Waals surface area contributed by atoms with Gasteiger partial charge in [-0.1, -0.05) is 206 Å². The molecule has 2 atom stereocenters. The maximum Gasteiger partial charge on any atom is 0.306 e. The second kappa shape index (κ2) is 44.6. The van der Waals surface area contributed by atoms with Crippen molar-refractivity contribution in [3.05, 3.63) is 12.2 Å². The number of aliphatic carboxylic acids is 1. The van der Waals surface area contributed by atoms with E-state index in [0.29, 0.717) is 23.9 Å². The molecular weight excluding hydrogens is 767 g/mol. The van der Waals surface area contributed by atoms with Crippen molar-refractivity contribution in [2.75, 3.05) is 47.5 Å². The highest BCUT2D eigenvalue weighted by molar-refractivity contribution is 5.70. The van der Waals surface area contributed by atoms with Gasteiger partial charge >= 0.3 is 11.9 Å². The van der Waals surface area contributed by atoms with E-state index in [1.54, 1.807) is 0 Å². The van der Waals surface area contributed by atoms with E-state index in [9.17, 15) is 19.5 Å². The first kappa shape index (κ1) is 59.0. The molecule has 0 aromatic carbocycles. The van der Waals surface area contributed by atoms with Gasteiger partial charge in [-0.3, -0.25) is 9.59 Å². The Morgan fingerprint density at radius 1 is 0.475 bits per heavy atom. The van der Waals surface area contributed by atoms with Crippen molar-refractivity contribution >= 4 is 17.9 Å². The number of esters is 2. The van der Waals surface area contributed by atoms with Gasteiger partial charge in [0, 0.05) is 12.8 Å². The van der Waals surface area contributed by atoms with Crippen LogP contribution in [0.15, 0.2) is 12.2 Å². The van der Waals surface area contributed by atoms with Gasteiger partial charge in [-0.05, 0) is 38.5 Å². The van der Waals surface area contributed by atoms with Gasteiger partial charge in [-0.2, -0.15) is 0 Å². The molecule has 9 nitrogen and oxygen atoms in total. The van der Waals surface area contributed by atoms with Gasteiger partial charge < -0.3 is 33.3 Å². The molecule has 0 amide bonds. The zero-order valence-electron chi connectivity index (χ0n) is 40.8. The third kappa shape index (κ3) is 45.9. The van der Waals surface area contributed by atoms with Crippen LogP contribution in [-0.2, 0) is 33.3 Å². The highest BCUT2D eigenvalue weighted by atomic mass is 16.7. The second-order valence-corrected chi connectivity index (χ2v) is 18.8. The third-order valence-corrected chi connectivity index (χ3v) is 11.5. The summed E-state index contributed by atoms with van der Waals surface area (Å²) < 4.78 is 22.6. The van der Waals surface area contributed by atoms with Crippen molar-refractivity contribution in [3.63, 3.8) is 0 Å². The van der Waals surface area contributed by atoms with Crippen LogP contribution in [0.25, 0.3) is 0 Å². The van der Waals surface area contributed by atoms with Crippen LogP contribution in [0.5, 0.6) is 0 Å². The molecule has 360 valence electrons. The fourth-order valence-corrected chi connectivity index (χ4v) is 7.47. The Bertz CT molecular complexity index is 1010. The maximum absolute atomic E-state index is 12.8. The highest BCUT2D eigenvalue weighted by Crippen LogP contribution is 2.16. The number of quaternary nitrogens is 1. The van der Waals surface area contributed by atoms with Gasteiger partial charge in [0.2, 0.25) is 0 Å². The number of nitrogens with zero attached hydrogens (tertiary/aromatic N) is 1. The van der Waals surface area contributed by atoms with Crippen LogP contribution in [0.3, 0.4) is 0 Å². The summed E-state index contributed by atoms with van der Waals surface area (Å²) in [5, 5.41) is 11.7. The van der Waals surface area contributed by atoms with Gasteiger partial charge in [-0.25, -0.2) is 0 Å². The molecule has 2 unspecified atom stereocenters. The summed E-state index contributed by atoms with van der Waals surface area (Å²) in [5.41, 5.74) is 0. The largest absolute Gasteiger partial charge is 0.545 e. The molecule has 0 aromatic heterocycles. The number of allylic oxidation sites excluding steroid dienone is 2. The smallest absolute Gasteiger partial charge is 0.306 e. The zero-order chi connectivity index (χ0) is 44.9. The summed E-state index contributed by atoms with van der Waals surface area (Å²) in [6, 6.07) is 0. The quantitative estimate of drug-likeness (QED) is 0.0195. The Kier molecular flexibility index (Phi) is 43.2. The number of hydrogen-bond donors (Lipinski definition) is 0. The minimum Gasteiger partial charge on any atom is -0.545 e. The van der Waals surface area contributed by atoms with Crippen LogP contribution >= 0.6 is 0 Å². The molecule has 0 N–H and O–H groups in total. The molecule has 0 aliphatic carbocycles. The number of ether oxygens (including phenoxy) is 4. The van der Waals surface area contributed by atoms with Crippen LogP contribution in [-0.4, -0.2) is 82.3 Å². The topological polar surface area (TPSA) is 111 Å². The van der Waals surface area contributed by atoms with Gasteiger partial charge in [0.05, 0.1) is 40.3 Å². The van der Waals surface area contributed by atoms with E-state index in [2.05, 4.69) is 26.0 Å². The van der Waals surface area contributed by atoms with Crippen LogP contribution in [0, 0.1) is 0 Å². The van der Waals surface area contributed by atoms with Crippen molar-refractivity contribution < 1.29 is 42.9 Å². The van der Waals surface area contributed by atoms with Crippen molar-refractivity contribution in [2.45, 2.75) is 257 Å². The first-order chi connectivity index (χ1) is 29.6. The Labute approximate surface area is 376 Å². The minimum absolute atomic E-state index is 0.149. The van der Waals surface area contributed by atoms with E-state index in [4.69, 9.17) is 18.9 Å². The maximum atomic E-state index is 12.8. The molecule has 0 aliphatic heterocycles. The molecule has 9 heteroatoms. The first-order valence-corrected chi connectivity index (χ1v) is 25.8. The van der Waals surface area contributed by atoms with Crippen molar-refractivity contribution in [3.8, 4) is 0 Å². The fraction of sp³-hybridized carbons (Fsp3) is 0.904. The van der Waals surface area contributed by atoms with Crippen molar-refractivity contribution in [2.24, 2.45) is 0 Å². The highest BCUT2D eigenvalue weighted by Gasteiger charge is 2.22. The van der Waals surface area contributed by atoms with Gasteiger partial charge in [0.1, 0.15) is 13.2 Å². The summed E-state index contributed by atoms with van der Waals surface area (Å²) in [6.07, 6.45) is 45.3. The first-order valence-electron chi connectivity index (χ1n) is 25.8. The number of carboxylic acid groups (broad SMARTS) is 1. The monoisotopic (exact) mass is 866 g/mol. The van der Waals surface area contributed by atoms with E-state index in [1.807, 2.05) is 21.1 Å². The SMILES string of the molecule is CCCCCCCCC/C=C\CCCCCCCC(=O)OC(COC(=O)CCCCCCCCCCCCCCCCCCCCCC)COC(OCC[N+](C)(C)C)C(=O)[O-]. The zero-order valence-corrected chi connectivity index (χ0v) is 40.8. The van der Waals surface area contributed by atoms with E-state index >= 15 is 0 Å². The Balaban J connectivity index is 4.30. The molecule has 0 aliphatic rings. The molecule has 0 saturated carbocycles. The number of likely N-dealkylation sites (N-methyl/N-ethyl adjacent to an activating group) is 1. The number of carboxylic acids is 1. The Morgan fingerprint density at radius 3 is 1.21 bits per heavy atom. The van der Waals surface area contributed by atoms with Crippen molar-refractivity contribution in [1.82, 2.24) is 0 Å². The molecule has 0 radical (unpaired) electrons. The number of carbonyl (C=O) groups excluding carboxylic acids is 3. The summed E-state index contributed by atoms with van der Waals surface area (Å²) in [6.45, 7) is 4.77. The lowest BCUT2D eigenvalue weighted by Crippen LogP contribution is -2.44. The molecule has 0 saturated heterocycles. The second-order valence-electron chi connectivity index (χ2n) is 18.8. The standard InChI is InChI=1S/C52H99NO8/c1-6-8-10-12-14-16-18-20-22-24-25-26-27-29-30-32-34-36-38-40-42-49(54)59-46-48(47-60-52(51(56)57)58-45-44-53(3,4)5)61-50(55)43-41-39-37-35-33-31-28-23-21-19-17-15-13-11-9-7-2/h23,28,48,52H,6-22,24-27,29-47H2,1-5H3/b28-23-. The normalized spacial score (nSPS) is 12.9. The molecule has 0 aromatic rings. The Hall–Kier alpha value is -1.97. The molecule has 0 spiro atoms. The van der Waals surface area contributed by atoms with Crippen molar-refractivity contribution in [1.29, 1.82) is 0 Å². The predicted octanol–water partition coefficient (Wildman–Crippen LogP) is 12.9. The molecule has 0 heterocycles. The van der Waals surface area contributed by atoms with Gasteiger partial charge in [0.15, 0.2) is 12.4 Å². The third-order valence-electron chi connectivity index (χ3n) is 11.5. The molecule has 0 bridgehead atoms. The summed E-state index contributed by atoms with van der Waals surface area (Å²) in [4.78, 5) is 37.1. The number of rotatable bonds is 48. The van der Waals surface area contributed by atoms with E-state index < -0.39 is 24.3 Å². The summed E-state index contributed by atoms with van der Waals surface area (Å²) in [7, 11) is 5.92. The average molecular weight is 866 g/mol. The predicted molar refractivity (Wildman–Crippen MR) is 251 cm³/mol. The molecule has 61 heavy (non-hydrogen) atoms. The molecular formula is C52H99NO8. The number of carbonyl (C=O) groups is 3. The number of unbranched alkanes of at least 4 members (excludes halogenated alkanes) is 31. The van der Waals surface area contributed by atoms with E-state index in [1.165, 1.54) is 161 Å². The lowest BCUT2D eigenvalue weighted by atomic mass is 10.0. The van der Waals surface area contributed by atoms with Crippen LogP contribution in [0.2, 0.25) is 0 Å². The van der Waals surface area contributed by atoms with Gasteiger partial charge in [-0.15, -0.1) is 0 Å². The van der Waals surface area contributed by atoms with Crippen LogP contribution in [0.4, 0.5) is 0 Å². The lowest BCUT2D eigenvalue weighted by molar-refractivity contribution is -0.870.